The molecule has 0 aliphatic heterocycles. The van der Waals surface area contributed by atoms with Gasteiger partial charge in [0.25, 0.3) is 0 Å². The number of hydrogen-bond donors (Lipinski definition) is 0. The summed E-state index contributed by atoms with van der Waals surface area (Å²) in [5.74, 6) is -0.248. The SMILES string of the molecule is CCn1cc(C)c2cc(Cl)cc(F)c21. The van der Waals surface area contributed by atoms with Crippen LogP contribution < -0.4 is 0 Å². The van der Waals surface area contributed by atoms with Gasteiger partial charge in [-0.2, -0.15) is 0 Å². The molecule has 1 heterocycles. The van der Waals surface area contributed by atoms with Crippen molar-refractivity contribution < 1.29 is 4.39 Å². The fraction of sp³-hybridized carbons (Fsp3) is 0.273. The van der Waals surface area contributed by atoms with Crippen molar-refractivity contribution in [2.24, 2.45) is 0 Å². The van der Waals surface area contributed by atoms with E-state index in [0.29, 0.717) is 10.5 Å². The maximum Gasteiger partial charge on any atom is 0.148 e. The lowest BCUT2D eigenvalue weighted by Gasteiger charge is -2.01. The third kappa shape index (κ3) is 1.30. The van der Waals surface area contributed by atoms with E-state index < -0.39 is 0 Å². The van der Waals surface area contributed by atoms with Crippen molar-refractivity contribution in [1.29, 1.82) is 0 Å². The van der Waals surface area contributed by atoms with Gasteiger partial charge >= 0.3 is 0 Å². The molecule has 0 unspecified atom stereocenters. The molecular formula is C11H11ClFN. The Labute approximate surface area is 87.1 Å². The van der Waals surface area contributed by atoms with Gasteiger partial charge in [-0.25, -0.2) is 4.39 Å². The zero-order chi connectivity index (χ0) is 10.3. The second-order valence-electron chi connectivity index (χ2n) is 3.38. The fourth-order valence-electron chi connectivity index (χ4n) is 1.78. The number of fused-ring (bicyclic) bond motifs is 1. The van der Waals surface area contributed by atoms with Crippen LogP contribution in [0.2, 0.25) is 5.02 Å². The third-order valence-corrected chi connectivity index (χ3v) is 2.65. The highest BCUT2D eigenvalue weighted by Gasteiger charge is 2.10. The van der Waals surface area contributed by atoms with Crippen molar-refractivity contribution in [3.8, 4) is 0 Å². The lowest BCUT2D eigenvalue weighted by molar-refractivity contribution is 0.626. The van der Waals surface area contributed by atoms with Gasteiger partial charge in [-0.3, -0.25) is 0 Å². The maximum atomic E-state index is 13.6. The minimum atomic E-state index is -0.248. The summed E-state index contributed by atoms with van der Waals surface area (Å²) in [4.78, 5) is 0. The minimum absolute atomic E-state index is 0.248. The van der Waals surface area contributed by atoms with E-state index in [1.165, 1.54) is 6.07 Å². The number of rotatable bonds is 1. The Hall–Kier alpha value is -1.02. The number of nitrogens with zero attached hydrogens (tertiary/aromatic N) is 1. The van der Waals surface area contributed by atoms with E-state index in [1.54, 1.807) is 0 Å². The van der Waals surface area contributed by atoms with E-state index in [0.717, 1.165) is 17.5 Å². The van der Waals surface area contributed by atoms with E-state index in [1.807, 2.05) is 30.7 Å². The zero-order valence-electron chi connectivity index (χ0n) is 8.14. The summed E-state index contributed by atoms with van der Waals surface area (Å²) in [6.45, 7) is 4.72. The van der Waals surface area contributed by atoms with Gasteiger partial charge in [0, 0.05) is 23.2 Å². The van der Waals surface area contributed by atoms with E-state index in [2.05, 4.69) is 0 Å². The molecule has 3 heteroatoms. The molecule has 0 aliphatic carbocycles. The Bertz CT molecular complexity index is 487. The molecule has 2 rings (SSSR count). The van der Waals surface area contributed by atoms with Crippen LogP contribution in [0.1, 0.15) is 12.5 Å². The average molecular weight is 212 g/mol. The standard InChI is InChI=1S/C11H11ClFN/c1-3-14-6-7(2)9-4-8(12)5-10(13)11(9)14/h4-6H,3H2,1-2H3. The van der Waals surface area contributed by atoms with Crippen molar-refractivity contribution in [2.75, 3.05) is 0 Å². The molecule has 2 aromatic rings. The third-order valence-electron chi connectivity index (χ3n) is 2.43. The molecule has 0 fully saturated rings. The highest BCUT2D eigenvalue weighted by molar-refractivity contribution is 6.31. The molecule has 0 spiro atoms. The molecule has 0 N–H and O–H groups in total. The second-order valence-corrected chi connectivity index (χ2v) is 3.82. The maximum absolute atomic E-state index is 13.6. The Morgan fingerprint density at radius 3 is 2.79 bits per heavy atom. The first-order chi connectivity index (χ1) is 6.63. The summed E-state index contributed by atoms with van der Waals surface area (Å²) in [7, 11) is 0. The quantitative estimate of drug-likeness (QED) is 0.677. The van der Waals surface area contributed by atoms with E-state index in [9.17, 15) is 4.39 Å². The average Bonchev–Trinajstić information content (AvgIpc) is 2.43. The van der Waals surface area contributed by atoms with Gasteiger partial charge in [-0.05, 0) is 31.5 Å². The van der Waals surface area contributed by atoms with Crippen molar-refractivity contribution in [3.63, 3.8) is 0 Å². The lowest BCUT2D eigenvalue weighted by atomic mass is 10.2. The summed E-state index contributed by atoms with van der Waals surface area (Å²) in [6.07, 6.45) is 1.95. The smallest absolute Gasteiger partial charge is 0.148 e. The Balaban J connectivity index is 2.89. The molecular weight excluding hydrogens is 201 g/mol. The van der Waals surface area contributed by atoms with Crippen molar-refractivity contribution in [3.05, 3.63) is 34.7 Å². The number of benzene rings is 1. The predicted molar refractivity (Wildman–Crippen MR) is 57.3 cm³/mol. The summed E-state index contributed by atoms with van der Waals surface area (Å²) in [6, 6.07) is 3.16. The highest BCUT2D eigenvalue weighted by Crippen LogP contribution is 2.27. The highest BCUT2D eigenvalue weighted by atomic mass is 35.5. The van der Waals surface area contributed by atoms with Crippen LogP contribution >= 0.6 is 11.6 Å². The van der Waals surface area contributed by atoms with Crippen LogP contribution in [-0.2, 0) is 6.54 Å². The molecule has 0 saturated carbocycles. The van der Waals surface area contributed by atoms with Crippen LogP contribution in [0.15, 0.2) is 18.3 Å². The zero-order valence-corrected chi connectivity index (χ0v) is 8.90. The summed E-state index contributed by atoms with van der Waals surface area (Å²) in [5, 5.41) is 1.35. The normalized spacial score (nSPS) is 11.1. The first kappa shape index (κ1) is 9.53. The van der Waals surface area contributed by atoms with E-state index >= 15 is 0 Å². The number of halogens is 2. The summed E-state index contributed by atoms with van der Waals surface area (Å²) < 4.78 is 15.5. The number of hydrogen-bond acceptors (Lipinski definition) is 0. The molecule has 1 nitrogen and oxygen atoms in total. The van der Waals surface area contributed by atoms with Gasteiger partial charge in [-0.1, -0.05) is 11.6 Å². The van der Waals surface area contributed by atoms with Crippen molar-refractivity contribution >= 4 is 22.5 Å². The molecule has 1 aromatic carbocycles. The molecule has 0 saturated heterocycles. The monoisotopic (exact) mass is 211 g/mol. The van der Waals surface area contributed by atoms with Crippen LogP contribution in [0, 0.1) is 12.7 Å². The van der Waals surface area contributed by atoms with Crippen LogP contribution in [0.4, 0.5) is 4.39 Å². The van der Waals surface area contributed by atoms with Crippen LogP contribution in [0.3, 0.4) is 0 Å². The van der Waals surface area contributed by atoms with Crippen LogP contribution in [0.5, 0.6) is 0 Å². The van der Waals surface area contributed by atoms with Gasteiger partial charge in [-0.15, -0.1) is 0 Å². The van der Waals surface area contributed by atoms with Gasteiger partial charge < -0.3 is 4.57 Å². The lowest BCUT2D eigenvalue weighted by Crippen LogP contribution is -1.93. The fourth-order valence-corrected chi connectivity index (χ4v) is 1.98. The van der Waals surface area contributed by atoms with E-state index in [4.69, 9.17) is 11.6 Å². The van der Waals surface area contributed by atoms with Gasteiger partial charge in [0.2, 0.25) is 0 Å². The molecule has 74 valence electrons. The summed E-state index contributed by atoms with van der Waals surface area (Å²) in [5.41, 5.74) is 1.71. The first-order valence-electron chi connectivity index (χ1n) is 4.58. The van der Waals surface area contributed by atoms with E-state index in [-0.39, 0.29) is 5.82 Å². The number of aryl methyl sites for hydroxylation is 2. The Kier molecular flexibility index (Phi) is 2.23. The Morgan fingerprint density at radius 2 is 2.14 bits per heavy atom. The molecule has 0 amide bonds. The minimum Gasteiger partial charge on any atom is -0.345 e. The first-order valence-corrected chi connectivity index (χ1v) is 4.95. The van der Waals surface area contributed by atoms with Gasteiger partial charge in [0.05, 0.1) is 5.52 Å². The topological polar surface area (TPSA) is 4.93 Å². The molecule has 1 aromatic heterocycles. The van der Waals surface area contributed by atoms with Gasteiger partial charge in [0.15, 0.2) is 0 Å². The molecule has 0 aliphatic rings. The summed E-state index contributed by atoms with van der Waals surface area (Å²) >= 11 is 5.80. The van der Waals surface area contributed by atoms with Crippen molar-refractivity contribution in [2.45, 2.75) is 20.4 Å². The number of aromatic nitrogens is 1. The predicted octanol–water partition coefficient (Wildman–Crippen LogP) is 3.76. The molecule has 0 atom stereocenters. The second kappa shape index (κ2) is 3.28. The molecule has 0 radical (unpaired) electrons. The molecule has 14 heavy (non-hydrogen) atoms. The van der Waals surface area contributed by atoms with Crippen LogP contribution in [-0.4, -0.2) is 4.57 Å². The van der Waals surface area contributed by atoms with Gasteiger partial charge in [0.1, 0.15) is 5.82 Å². The molecule has 0 bridgehead atoms. The Morgan fingerprint density at radius 1 is 1.43 bits per heavy atom. The van der Waals surface area contributed by atoms with Crippen molar-refractivity contribution in [1.82, 2.24) is 4.57 Å². The van der Waals surface area contributed by atoms with Crippen LogP contribution in [0.25, 0.3) is 10.9 Å². The largest absolute Gasteiger partial charge is 0.345 e.